The van der Waals surface area contributed by atoms with Crippen molar-refractivity contribution in [2.24, 2.45) is 5.73 Å². The van der Waals surface area contributed by atoms with Gasteiger partial charge in [0.15, 0.2) is 0 Å². The Bertz CT molecular complexity index is 607. The van der Waals surface area contributed by atoms with Gasteiger partial charge in [-0.1, -0.05) is 36.4 Å². The van der Waals surface area contributed by atoms with E-state index in [1.807, 2.05) is 12.1 Å². The van der Waals surface area contributed by atoms with Gasteiger partial charge >= 0.3 is 5.97 Å². The molecular formula is C17H22N2O2. The number of anilines is 1. The fourth-order valence-corrected chi connectivity index (χ4v) is 2.50. The summed E-state index contributed by atoms with van der Waals surface area (Å²) >= 11 is 0. The van der Waals surface area contributed by atoms with E-state index in [9.17, 15) is 4.79 Å². The van der Waals surface area contributed by atoms with Crippen molar-refractivity contribution in [3.05, 3.63) is 42.5 Å². The van der Waals surface area contributed by atoms with Crippen LogP contribution in [0, 0.1) is 0 Å². The van der Waals surface area contributed by atoms with Crippen molar-refractivity contribution in [2.45, 2.75) is 19.4 Å². The molecule has 0 saturated heterocycles. The summed E-state index contributed by atoms with van der Waals surface area (Å²) in [5.74, 6) is -0.357. The van der Waals surface area contributed by atoms with Gasteiger partial charge < -0.3 is 15.4 Å². The van der Waals surface area contributed by atoms with Gasteiger partial charge in [-0.05, 0) is 24.8 Å². The maximum Gasteiger partial charge on any atom is 0.322 e. The highest BCUT2D eigenvalue weighted by Gasteiger charge is 2.16. The van der Waals surface area contributed by atoms with Crippen LogP contribution in [0.2, 0.25) is 0 Å². The SMILES string of the molecule is CCN(CCC(N)C(=O)OC)c1cccc2ccccc12. The Hall–Kier alpha value is -2.07. The first-order valence-electron chi connectivity index (χ1n) is 7.23. The molecule has 2 rings (SSSR count). The smallest absolute Gasteiger partial charge is 0.322 e. The van der Waals surface area contributed by atoms with E-state index in [1.54, 1.807) is 0 Å². The van der Waals surface area contributed by atoms with E-state index in [1.165, 1.54) is 23.6 Å². The third kappa shape index (κ3) is 3.52. The lowest BCUT2D eigenvalue weighted by molar-refractivity contribution is -0.142. The molecule has 0 aliphatic heterocycles. The van der Waals surface area contributed by atoms with Crippen LogP contribution in [0.15, 0.2) is 42.5 Å². The van der Waals surface area contributed by atoms with E-state index < -0.39 is 6.04 Å². The largest absolute Gasteiger partial charge is 0.468 e. The van der Waals surface area contributed by atoms with Crippen molar-refractivity contribution in [2.75, 3.05) is 25.1 Å². The average Bonchev–Trinajstić information content (AvgIpc) is 2.54. The predicted molar refractivity (Wildman–Crippen MR) is 86.4 cm³/mol. The molecule has 112 valence electrons. The van der Waals surface area contributed by atoms with Crippen LogP contribution in [-0.2, 0) is 9.53 Å². The zero-order chi connectivity index (χ0) is 15.2. The molecule has 0 aromatic heterocycles. The number of hydrogen-bond acceptors (Lipinski definition) is 4. The standard InChI is InChI=1S/C17H22N2O2/c1-3-19(12-11-15(18)17(20)21-2)16-10-6-8-13-7-4-5-9-14(13)16/h4-10,15H,3,11-12,18H2,1-2H3. The van der Waals surface area contributed by atoms with Crippen molar-refractivity contribution >= 4 is 22.4 Å². The number of benzene rings is 2. The molecule has 0 aliphatic carbocycles. The lowest BCUT2D eigenvalue weighted by Crippen LogP contribution is -2.36. The summed E-state index contributed by atoms with van der Waals surface area (Å²) in [6.45, 7) is 3.69. The van der Waals surface area contributed by atoms with E-state index in [2.05, 4.69) is 46.9 Å². The molecule has 0 aliphatic rings. The molecule has 2 N–H and O–H groups in total. The minimum Gasteiger partial charge on any atom is -0.468 e. The Labute approximate surface area is 125 Å². The van der Waals surface area contributed by atoms with Gasteiger partial charge in [-0.15, -0.1) is 0 Å². The van der Waals surface area contributed by atoms with Crippen molar-refractivity contribution in [1.29, 1.82) is 0 Å². The molecular weight excluding hydrogens is 264 g/mol. The summed E-state index contributed by atoms with van der Waals surface area (Å²) in [6, 6.07) is 14.0. The van der Waals surface area contributed by atoms with E-state index in [-0.39, 0.29) is 5.97 Å². The number of hydrogen-bond donors (Lipinski definition) is 1. The van der Waals surface area contributed by atoms with Gasteiger partial charge in [-0.25, -0.2) is 0 Å². The van der Waals surface area contributed by atoms with Crippen LogP contribution in [-0.4, -0.2) is 32.2 Å². The molecule has 2 aromatic rings. The molecule has 21 heavy (non-hydrogen) atoms. The second-order valence-electron chi connectivity index (χ2n) is 5.00. The first-order chi connectivity index (χ1) is 10.2. The van der Waals surface area contributed by atoms with Gasteiger partial charge in [0.25, 0.3) is 0 Å². The Morgan fingerprint density at radius 1 is 1.24 bits per heavy atom. The number of nitrogens with two attached hydrogens (primary N) is 1. The Morgan fingerprint density at radius 2 is 1.95 bits per heavy atom. The van der Waals surface area contributed by atoms with E-state index in [4.69, 9.17) is 5.73 Å². The molecule has 4 nitrogen and oxygen atoms in total. The maximum atomic E-state index is 11.4. The molecule has 4 heteroatoms. The lowest BCUT2D eigenvalue weighted by Gasteiger charge is -2.25. The van der Waals surface area contributed by atoms with Crippen LogP contribution >= 0.6 is 0 Å². The molecule has 0 heterocycles. The third-order valence-electron chi connectivity index (χ3n) is 3.70. The summed E-state index contributed by atoms with van der Waals surface area (Å²) in [5, 5.41) is 2.43. The van der Waals surface area contributed by atoms with E-state index >= 15 is 0 Å². The second kappa shape index (κ2) is 7.09. The lowest BCUT2D eigenvalue weighted by atomic mass is 10.1. The first kappa shape index (κ1) is 15.3. The quantitative estimate of drug-likeness (QED) is 0.829. The predicted octanol–water partition coefficient (Wildman–Crippen LogP) is 2.56. The van der Waals surface area contributed by atoms with Gasteiger partial charge in [0, 0.05) is 24.2 Å². The highest BCUT2D eigenvalue weighted by atomic mass is 16.5. The molecule has 0 saturated carbocycles. The first-order valence-corrected chi connectivity index (χ1v) is 7.23. The molecule has 0 radical (unpaired) electrons. The molecule has 0 fully saturated rings. The van der Waals surface area contributed by atoms with Crippen LogP contribution < -0.4 is 10.6 Å². The van der Waals surface area contributed by atoms with Crippen LogP contribution in [0.25, 0.3) is 10.8 Å². The molecule has 1 unspecified atom stereocenters. The van der Waals surface area contributed by atoms with Gasteiger partial charge in [-0.2, -0.15) is 0 Å². The minimum absolute atomic E-state index is 0.357. The highest BCUT2D eigenvalue weighted by molar-refractivity contribution is 5.94. The van der Waals surface area contributed by atoms with E-state index in [0.29, 0.717) is 6.42 Å². The number of esters is 1. The Balaban J connectivity index is 2.18. The van der Waals surface area contributed by atoms with Crippen molar-refractivity contribution in [1.82, 2.24) is 0 Å². The summed E-state index contributed by atoms with van der Waals surface area (Å²) in [5.41, 5.74) is 6.99. The summed E-state index contributed by atoms with van der Waals surface area (Å²) in [6.07, 6.45) is 0.573. The Kier molecular flexibility index (Phi) is 5.17. The molecule has 1 atom stereocenters. The zero-order valence-electron chi connectivity index (χ0n) is 12.6. The number of carbonyl (C=O) groups excluding carboxylic acids is 1. The fourth-order valence-electron chi connectivity index (χ4n) is 2.50. The molecule has 2 aromatic carbocycles. The van der Waals surface area contributed by atoms with Crippen LogP contribution in [0.5, 0.6) is 0 Å². The summed E-state index contributed by atoms with van der Waals surface area (Å²) in [7, 11) is 1.37. The van der Waals surface area contributed by atoms with Crippen molar-refractivity contribution in [3.63, 3.8) is 0 Å². The van der Waals surface area contributed by atoms with Gasteiger partial charge in [-0.3, -0.25) is 4.79 Å². The van der Waals surface area contributed by atoms with Crippen LogP contribution in [0.4, 0.5) is 5.69 Å². The molecule has 0 bridgehead atoms. The highest BCUT2D eigenvalue weighted by Crippen LogP contribution is 2.26. The topological polar surface area (TPSA) is 55.6 Å². The van der Waals surface area contributed by atoms with Gasteiger partial charge in [0.2, 0.25) is 0 Å². The summed E-state index contributed by atoms with van der Waals surface area (Å²) in [4.78, 5) is 13.6. The van der Waals surface area contributed by atoms with Crippen molar-refractivity contribution < 1.29 is 9.53 Å². The molecule has 0 amide bonds. The Morgan fingerprint density at radius 3 is 2.67 bits per heavy atom. The number of nitrogens with zero attached hydrogens (tertiary/aromatic N) is 1. The van der Waals surface area contributed by atoms with E-state index in [0.717, 1.165) is 13.1 Å². The van der Waals surface area contributed by atoms with Gasteiger partial charge in [0.1, 0.15) is 6.04 Å². The number of methoxy groups -OCH3 is 1. The zero-order valence-corrected chi connectivity index (χ0v) is 12.6. The average molecular weight is 286 g/mol. The number of carbonyl (C=O) groups is 1. The number of fused-ring (bicyclic) bond motifs is 1. The maximum absolute atomic E-state index is 11.4. The number of ether oxygens (including phenoxy) is 1. The fraction of sp³-hybridized carbons (Fsp3) is 0.353. The minimum atomic E-state index is -0.570. The molecule has 0 spiro atoms. The monoisotopic (exact) mass is 286 g/mol. The second-order valence-corrected chi connectivity index (χ2v) is 5.00. The van der Waals surface area contributed by atoms with Crippen LogP contribution in [0.3, 0.4) is 0 Å². The summed E-state index contributed by atoms with van der Waals surface area (Å²) < 4.78 is 4.67. The normalized spacial score (nSPS) is 12.1. The third-order valence-corrected chi connectivity index (χ3v) is 3.70. The van der Waals surface area contributed by atoms with Crippen LogP contribution in [0.1, 0.15) is 13.3 Å². The van der Waals surface area contributed by atoms with Crippen molar-refractivity contribution in [3.8, 4) is 0 Å². The number of rotatable bonds is 6. The van der Waals surface area contributed by atoms with Gasteiger partial charge in [0.05, 0.1) is 7.11 Å².